The third-order valence-corrected chi connectivity index (χ3v) is 5.87. The Labute approximate surface area is 171 Å². The normalized spacial score (nSPS) is 15.7. The molecule has 2 heterocycles. The fraction of sp³-hybridized carbons (Fsp3) is 0.0417. The van der Waals surface area contributed by atoms with E-state index < -0.39 is 0 Å². The molecule has 5 heteroatoms. The van der Waals surface area contributed by atoms with Crippen molar-refractivity contribution in [1.29, 1.82) is 0 Å². The minimum Gasteiger partial charge on any atom is -0.268 e. The monoisotopic (exact) mass is 396 g/mol. The lowest BCUT2D eigenvalue weighted by atomic mass is 10.0. The van der Waals surface area contributed by atoms with Crippen molar-refractivity contribution in [2.45, 2.75) is 6.54 Å². The number of nitrogens with zero attached hydrogens (tertiary/aromatic N) is 2. The highest BCUT2D eigenvalue weighted by Crippen LogP contribution is 2.36. The Morgan fingerprint density at radius 3 is 2.03 bits per heavy atom. The maximum absolute atomic E-state index is 13.0. The van der Waals surface area contributed by atoms with Crippen LogP contribution in [-0.2, 0) is 11.3 Å². The number of thioether (sulfide) groups is 1. The average Bonchev–Trinajstić information content (AvgIpc) is 3.02. The van der Waals surface area contributed by atoms with Gasteiger partial charge >= 0.3 is 0 Å². The van der Waals surface area contributed by atoms with Gasteiger partial charge in [-0.05, 0) is 41.1 Å². The molecule has 1 saturated heterocycles. The molecule has 1 aromatic heterocycles. The first-order chi connectivity index (χ1) is 14.2. The lowest BCUT2D eigenvalue weighted by Gasteiger charge is -2.12. The molecule has 1 fully saturated rings. The first kappa shape index (κ1) is 17.6. The number of aromatic nitrogens is 1. The number of rotatable bonds is 3. The van der Waals surface area contributed by atoms with Crippen molar-refractivity contribution in [2.75, 3.05) is 0 Å². The van der Waals surface area contributed by atoms with E-state index in [0.717, 1.165) is 44.7 Å². The van der Waals surface area contributed by atoms with Gasteiger partial charge in [0.25, 0.3) is 11.1 Å². The summed E-state index contributed by atoms with van der Waals surface area (Å²) in [5, 5.41) is 1.68. The molecule has 2 amide bonds. The Balaban J connectivity index is 1.61. The summed E-state index contributed by atoms with van der Waals surface area (Å²) in [6.45, 7) is 0.278. The number of para-hydroxylation sites is 2. The summed E-state index contributed by atoms with van der Waals surface area (Å²) in [5.74, 6) is -0.256. The Morgan fingerprint density at radius 1 is 0.793 bits per heavy atom. The Kier molecular flexibility index (Phi) is 4.37. The highest BCUT2D eigenvalue weighted by atomic mass is 32.2. The van der Waals surface area contributed by atoms with E-state index in [1.54, 1.807) is 0 Å². The minimum atomic E-state index is -0.256. The van der Waals surface area contributed by atoms with E-state index in [0.29, 0.717) is 4.91 Å². The molecule has 0 N–H and O–H groups in total. The standard InChI is InChI=1S/C24H16N2O2S/c27-23-22(29-24(28)26(23)15-16-8-2-1-3-9-16)14-19-17-10-4-6-12-20(17)25-21-13-7-5-11-18(19)21/h1-14H,15H2/b22-14+. The van der Waals surface area contributed by atoms with Crippen molar-refractivity contribution < 1.29 is 9.59 Å². The smallest absolute Gasteiger partial charge is 0.268 e. The molecular weight excluding hydrogens is 380 g/mol. The highest BCUT2D eigenvalue weighted by Gasteiger charge is 2.35. The van der Waals surface area contributed by atoms with Gasteiger partial charge in [-0.15, -0.1) is 0 Å². The molecule has 0 aliphatic carbocycles. The fourth-order valence-corrected chi connectivity index (χ4v) is 4.38. The summed E-state index contributed by atoms with van der Waals surface area (Å²) in [7, 11) is 0. The molecule has 1 aliphatic heterocycles. The summed E-state index contributed by atoms with van der Waals surface area (Å²) >= 11 is 0.991. The summed E-state index contributed by atoms with van der Waals surface area (Å²) < 4.78 is 0. The highest BCUT2D eigenvalue weighted by molar-refractivity contribution is 8.18. The lowest BCUT2D eigenvalue weighted by Crippen LogP contribution is -2.27. The van der Waals surface area contributed by atoms with Gasteiger partial charge in [0.2, 0.25) is 0 Å². The molecule has 4 nitrogen and oxygen atoms in total. The van der Waals surface area contributed by atoms with Crippen LogP contribution < -0.4 is 0 Å². The van der Waals surface area contributed by atoms with E-state index in [1.807, 2.05) is 84.9 Å². The van der Waals surface area contributed by atoms with Crippen molar-refractivity contribution in [1.82, 2.24) is 9.88 Å². The second-order valence-corrected chi connectivity index (χ2v) is 7.81. The summed E-state index contributed by atoms with van der Waals surface area (Å²) in [5.41, 5.74) is 3.56. The van der Waals surface area contributed by atoms with Crippen molar-refractivity contribution in [3.63, 3.8) is 0 Å². The number of carbonyl (C=O) groups excluding carboxylic acids is 2. The van der Waals surface area contributed by atoms with E-state index in [2.05, 4.69) is 0 Å². The average molecular weight is 396 g/mol. The molecule has 0 radical (unpaired) electrons. The van der Waals surface area contributed by atoms with Crippen molar-refractivity contribution in [3.8, 4) is 0 Å². The van der Waals surface area contributed by atoms with Crippen LogP contribution in [-0.4, -0.2) is 21.0 Å². The van der Waals surface area contributed by atoms with E-state index in [4.69, 9.17) is 4.98 Å². The van der Waals surface area contributed by atoms with Crippen molar-refractivity contribution in [3.05, 3.63) is 94.9 Å². The molecule has 5 rings (SSSR count). The number of pyridine rings is 1. The predicted octanol–water partition coefficient (Wildman–Crippen LogP) is 5.62. The van der Waals surface area contributed by atoms with Gasteiger partial charge in [0.15, 0.2) is 0 Å². The first-order valence-corrected chi connectivity index (χ1v) is 10.1. The van der Waals surface area contributed by atoms with Crippen LogP contribution in [0, 0.1) is 0 Å². The van der Waals surface area contributed by atoms with Crippen LogP contribution in [0.5, 0.6) is 0 Å². The maximum atomic E-state index is 13.0. The van der Waals surface area contributed by atoms with Crippen LogP contribution in [0.15, 0.2) is 83.8 Å². The topological polar surface area (TPSA) is 50.3 Å². The largest absolute Gasteiger partial charge is 0.293 e. The molecule has 4 aromatic rings. The van der Waals surface area contributed by atoms with Crippen LogP contribution in [0.25, 0.3) is 27.9 Å². The van der Waals surface area contributed by atoms with Gasteiger partial charge in [0.1, 0.15) is 0 Å². The number of carbonyl (C=O) groups is 2. The van der Waals surface area contributed by atoms with Crippen molar-refractivity contribution in [2.24, 2.45) is 0 Å². The first-order valence-electron chi connectivity index (χ1n) is 9.27. The van der Waals surface area contributed by atoms with Crippen molar-refractivity contribution >= 4 is 50.8 Å². The van der Waals surface area contributed by atoms with E-state index >= 15 is 0 Å². The summed E-state index contributed by atoms with van der Waals surface area (Å²) in [6.07, 6.45) is 1.84. The maximum Gasteiger partial charge on any atom is 0.293 e. The van der Waals surface area contributed by atoms with Gasteiger partial charge in [0, 0.05) is 10.8 Å². The number of imide groups is 1. The molecule has 0 saturated carbocycles. The number of benzene rings is 3. The summed E-state index contributed by atoms with van der Waals surface area (Å²) in [6, 6.07) is 25.3. The number of fused-ring (bicyclic) bond motifs is 2. The minimum absolute atomic E-state index is 0.243. The van der Waals surface area contributed by atoms with E-state index in [1.165, 1.54) is 4.90 Å². The van der Waals surface area contributed by atoms with Crippen LogP contribution in [0.1, 0.15) is 11.1 Å². The Hall–Kier alpha value is -3.44. The van der Waals surface area contributed by atoms with Crippen LogP contribution in [0.2, 0.25) is 0 Å². The van der Waals surface area contributed by atoms with Gasteiger partial charge in [-0.2, -0.15) is 0 Å². The molecule has 1 aliphatic rings. The molecule has 0 spiro atoms. The molecule has 3 aromatic carbocycles. The van der Waals surface area contributed by atoms with Crippen LogP contribution >= 0.6 is 11.8 Å². The predicted molar refractivity (Wildman–Crippen MR) is 117 cm³/mol. The molecule has 29 heavy (non-hydrogen) atoms. The van der Waals surface area contributed by atoms with Crippen LogP contribution in [0.3, 0.4) is 0 Å². The molecular formula is C24H16N2O2S. The summed E-state index contributed by atoms with van der Waals surface area (Å²) in [4.78, 5) is 32.0. The fourth-order valence-electron chi connectivity index (χ4n) is 3.56. The lowest BCUT2D eigenvalue weighted by molar-refractivity contribution is -0.123. The number of hydrogen-bond acceptors (Lipinski definition) is 4. The third kappa shape index (κ3) is 3.19. The zero-order valence-corrected chi connectivity index (χ0v) is 16.2. The number of amides is 2. The van der Waals surface area contributed by atoms with Crippen LogP contribution in [0.4, 0.5) is 4.79 Å². The second-order valence-electron chi connectivity index (χ2n) is 6.81. The zero-order chi connectivity index (χ0) is 19.8. The third-order valence-electron chi connectivity index (χ3n) is 4.96. The Bertz CT molecular complexity index is 1240. The molecule has 140 valence electrons. The zero-order valence-electron chi connectivity index (χ0n) is 15.4. The van der Waals surface area contributed by atoms with Gasteiger partial charge in [-0.25, -0.2) is 4.98 Å². The molecule has 0 atom stereocenters. The second kappa shape index (κ2) is 7.18. The number of hydrogen-bond donors (Lipinski definition) is 0. The Morgan fingerprint density at radius 2 is 1.38 bits per heavy atom. The van der Waals surface area contributed by atoms with E-state index in [9.17, 15) is 9.59 Å². The van der Waals surface area contributed by atoms with Gasteiger partial charge in [0.05, 0.1) is 22.5 Å². The van der Waals surface area contributed by atoms with Gasteiger partial charge in [-0.1, -0.05) is 66.7 Å². The molecule has 0 unspecified atom stereocenters. The quantitative estimate of drug-likeness (QED) is 0.333. The van der Waals surface area contributed by atoms with E-state index in [-0.39, 0.29) is 17.7 Å². The van der Waals surface area contributed by atoms with Gasteiger partial charge < -0.3 is 0 Å². The molecule has 0 bridgehead atoms. The SMILES string of the molecule is O=C1S/C(=C/c2c3ccccc3nc3ccccc23)C(=O)N1Cc1ccccc1. The van der Waals surface area contributed by atoms with Gasteiger partial charge in [-0.3, -0.25) is 14.5 Å².